The van der Waals surface area contributed by atoms with Gasteiger partial charge in [0, 0.05) is 53.0 Å². The summed E-state index contributed by atoms with van der Waals surface area (Å²) in [4.78, 5) is 28.4. The second-order valence-corrected chi connectivity index (χ2v) is 7.12. The van der Waals surface area contributed by atoms with Crippen LogP contribution in [0, 0.1) is 0 Å². The maximum atomic E-state index is 12.2. The molecule has 6 nitrogen and oxygen atoms in total. The molecule has 0 saturated heterocycles. The van der Waals surface area contributed by atoms with Gasteiger partial charge in [-0.15, -0.1) is 0 Å². The summed E-state index contributed by atoms with van der Waals surface area (Å²) in [5.74, 6) is -1.83. The van der Waals surface area contributed by atoms with Gasteiger partial charge in [0.05, 0.1) is 16.7 Å². The number of carbonyl (C=O) groups excluding carboxylic acids is 2. The zero-order valence-electron chi connectivity index (χ0n) is 15.0. The van der Waals surface area contributed by atoms with Crippen LogP contribution >= 0.6 is 23.2 Å². The largest absolute Gasteiger partial charge is 0.543 e. The first kappa shape index (κ1) is 19.8. The number of aromatic nitrogens is 1. The van der Waals surface area contributed by atoms with Gasteiger partial charge in [0.15, 0.2) is 0 Å². The molecule has 0 fully saturated rings. The first-order valence-electron chi connectivity index (χ1n) is 8.25. The summed E-state index contributed by atoms with van der Waals surface area (Å²) in [6, 6.07) is 10.4. The van der Waals surface area contributed by atoms with Gasteiger partial charge in [-0.2, -0.15) is 0 Å². The number of hydrogen-bond acceptors (Lipinski definition) is 4. The first-order valence-corrected chi connectivity index (χ1v) is 9.00. The van der Waals surface area contributed by atoms with E-state index in [9.17, 15) is 14.7 Å². The lowest BCUT2D eigenvalue weighted by Crippen LogP contribution is -2.23. The van der Waals surface area contributed by atoms with Gasteiger partial charge < -0.3 is 25.1 Å². The lowest BCUT2D eigenvalue weighted by atomic mass is 10.1. The fourth-order valence-electron chi connectivity index (χ4n) is 2.79. The normalized spacial score (nSPS) is 11.1. The van der Waals surface area contributed by atoms with Crippen molar-refractivity contribution in [2.45, 2.75) is 0 Å². The van der Waals surface area contributed by atoms with Gasteiger partial charge in [-0.1, -0.05) is 23.2 Å². The zero-order chi connectivity index (χ0) is 20.4. The molecule has 1 aromatic heterocycles. The third kappa shape index (κ3) is 4.13. The molecular weight excluding hydrogens is 401 g/mol. The lowest BCUT2D eigenvalue weighted by molar-refractivity contribution is -0.255. The molecule has 3 rings (SSSR count). The zero-order valence-corrected chi connectivity index (χ0v) is 16.6. The van der Waals surface area contributed by atoms with Crippen LogP contribution in [0.25, 0.3) is 17.0 Å². The maximum Gasteiger partial charge on any atom is 0.248 e. The SMILES string of the molecule is CN(C)c1ccc(NC(=O)/C=C/c2c(C(=O)[O-])[nH]c3cc(Cl)cc(Cl)c23)cc1. The number of benzene rings is 2. The van der Waals surface area contributed by atoms with E-state index < -0.39 is 11.9 Å². The summed E-state index contributed by atoms with van der Waals surface area (Å²) in [5.41, 5.74) is 2.12. The Morgan fingerprint density at radius 2 is 1.82 bits per heavy atom. The van der Waals surface area contributed by atoms with E-state index in [1.54, 1.807) is 18.2 Å². The standard InChI is InChI=1S/C20H17Cl2N3O3/c1-25(2)13-5-3-12(4-6-13)23-17(26)8-7-14-18-15(22)9-11(21)10-16(18)24-19(14)20(27)28/h3-10,24H,1-2H3,(H,23,26)(H,27,28)/p-1/b8-7+. The summed E-state index contributed by atoms with van der Waals surface area (Å²) in [7, 11) is 3.84. The Hall–Kier alpha value is -2.96. The van der Waals surface area contributed by atoms with Gasteiger partial charge in [-0.05, 0) is 42.5 Å². The molecule has 0 aliphatic rings. The van der Waals surface area contributed by atoms with Gasteiger partial charge >= 0.3 is 0 Å². The van der Waals surface area contributed by atoms with Crippen LogP contribution < -0.4 is 15.3 Å². The maximum absolute atomic E-state index is 12.2. The Labute approximate surface area is 171 Å². The van der Waals surface area contributed by atoms with Crippen LogP contribution in [0.4, 0.5) is 11.4 Å². The molecular formula is C20H16Cl2N3O3-. The molecule has 0 aliphatic heterocycles. The molecule has 8 heteroatoms. The van der Waals surface area contributed by atoms with E-state index >= 15 is 0 Å². The van der Waals surface area contributed by atoms with Crippen molar-refractivity contribution in [1.82, 2.24) is 4.98 Å². The van der Waals surface area contributed by atoms with Crippen LogP contribution in [0.2, 0.25) is 10.0 Å². The molecule has 2 N–H and O–H groups in total. The molecule has 2 aromatic carbocycles. The van der Waals surface area contributed by atoms with Crippen LogP contribution in [0.3, 0.4) is 0 Å². The number of halogens is 2. The van der Waals surface area contributed by atoms with Crippen LogP contribution in [-0.2, 0) is 4.79 Å². The van der Waals surface area contributed by atoms with E-state index in [2.05, 4.69) is 10.3 Å². The number of carbonyl (C=O) groups is 2. The highest BCUT2D eigenvalue weighted by Crippen LogP contribution is 2.33. The number of hydrogen-bond donors (Lipinski definition) is 2. The highest BCUT2D eigenvalue weighted by molar-refractivity contribution is 6.39. The van der Waals surface area contributed by atoms with E-state index in [0.29, 0.717) is 21.6 Å². The van der Waals surface area contributed by atoms with Crippen molar-refractivity contribution in [1.29, 1.82) is 0 Å². The molecule has 0 saturated carbocycles. The van der Waals surface area contributed by atoms with Crippen molar-refractivity contribution in [3.8, 4) is 0 Å². The second-order valence-electron chi connectivity index (χ2n) is 6.28. The molecule has 3 aromatic rings. The predicted molar refractivity (Wildman–Crippen MR) is 111 cm³/mol. The van der Waals surface area contributed by atoms with Crippen LogP contribution in [-0.4, -0.2) is 31.0 Å². The van der Waals surface area contributed by atoms with Crippen molar-refractivity contribution in [2.24, 2.45) is 0 Å². The number of amides is 1. The van der Waals surface area contributed by atoms with E-state index in [-0.39, 0.29) is 16.3 Å². The number of rotatable bonds is 5. The number of H-pyrrole nitrogens is 1. The van der Waals surface area contributed by atoms with Crippen molar-refractivity contribution in [3.63, 3.8) is 0 Å². The molecule has 0 aliphatic carbocycles. The average Bonchev–Trinajstić information content (AvgIpc) is 2.99. The molecule has 144 valence electrons. The fourth-order valence-corrected chi connectivity index (χ4v) is 3.38. The Morgan fingerprint density at radius 1 is 1.14 bits per heavy atom. The molecule has 0 bridgehead atoms. The molecule has 1 heterocycles. The van der Waals surface area contributed by atoms with Crippen LogP contribution in [0.1, 0.15) is 16.1 Å². The number of carboxylic acid groups (broad SMARTS) is 1. The number of nitrogens with one attached hydrogen (secondary N) is 2. The average molecular weight is 417 g/mol. The quantitative estimate of drug-likeness (QED) is 0.622. The molecule has 0 spiro atoms. The monoisotopic (exact) mass is 416 g/mol. The lowest BCUT2D eigenvalue weighted by Gasteiger charge is -2.12. The van der Waals surface area contributed by atoms with Crippen molar-refractivity contribution >= 4 is 63.4 Å². The topological polar surface area (TPSA) is 88.3 Å². The van der Waals surface area contributed by atoms with E-state index in [1.807, 2.05) is 31.1 Å². The highest BCUT2D eigenvalue weighted by atomic mass is 35.5. The third-order valence-corrected chi connectivity index (χ3v) is 4.63. The van der Waals surface area contributed by atoms with Crippen molar-refractivity contribution in [3.05, 3.63) is 63.8 Å². The van der Waals surface area contributed by atoms with E-state index in [1.165, 1.54) is 18.2 Å². The van der Waals surface area contributed by atoms with Gasteiger partial charge in [-0.25, -0.2) is 0 Å². The smallest absolute Gasteiger partial charge is 0.248 e. The van der Waals surface area contributed by atoms with Crippen molar-refractivity contribution in [2.75, 3.05) is 24.3 Å². The minimum absolute atomic E-state index is 0.182. The number of carboxylic acids is 1. The van der Waals surface area contributed by atoms with E-state index in [0.717, 1.165) is 5.69 Å². The second kappa shape index (κ2) is 7.96. The number of nitrogens with zero attached hydrogens (tertiary/aromatic N) is 1. The summed E-state index contributed by atoms with van der Waals surface area (Å²) < 4.78 is 0. The minimum atomic E-state index is -1.41. The number of anilines is 2. The molecule has 28 heavy (non-hydrogen) atoms. The van der Waals surface area contributed by atoms with Crippen molar-refractivity contribution < 1.29 is 14.7 Å². The van der Waals surface area contributed by atoms with Gasteiger partial charge in [0.25, 0.3) is 0 Å². The Morgan fingerprint density at radius 3 is 2.43 bits per heavy atom. The molecule has 0 unspecified atom stereocenters. The van der Waals surface area contributed by atoms with E-state index in [4.69, 9.17) is 23.2 Å². The third-order valence-electron chi connectivity index (χ3n) is 4.11. The highest BCUT2D eigenvalue weighted by Gasteiger charge is 2.14. The Kier molecular flexibility index (Phi) is 5.63. The van der Waals surface area contributed by atoms with Gasteiger partial charge in [-0.3, -0.25) is 4.79 Å². The summed E-state index contributed by atoms with van der Waals surface area (Å²) >= 11 is 12.2. The Balaban J connectivity index is 1.88. The minimum Gasteiger partial charge on any atom is -0.543 e. The van der Waals surface area contributed by atoms with Gasteiger partial charge in [0.1, 0.15) is 0 Å². The number of fused-ring (bicyclic) bond motifs is 1. The van der Waals surface area contributed by atoms with Crippen LogP contribution in [0.5, 0.6) is 0 Å². The first-order chi connectivity index (χ1) is 13.3. The summed E-state index contributed by atoms with van der Waals surface area (Å²) in [6.45, 7) is 0. The summed E-state index contributed by atoms with van der Waals surface area (Å²) in [5, 5.41) is 15.2. The Bertz CT molecular complexity index is 1090. The molecule has 0 atom stereocenters. The number of aromatic amines is 1. The van der Waals surface area contributed by atoms with Crippen LogP contribution in [0.15, 0.2) is 42.5 Å². The predicted octanol–water partition coefficient (Wildman–Crippen LogP) is 3.56. The number of aromatic carboxylic acids is 1. The summed E-state index contributed by atoms with van der Waals surface area (Å²) in [6.07, 6.45) is 2.62. The van der Waals surface area contributed by atoms with Gasteiger partial charge in [0.2, 0.25) is 5.91 Å². The fraction of sp³-hybridized carbons (Fsp3) is 0.100. The molecule has 0 radical (unpaired) electrons. The molecule has 1 amide bonds.